The summed E-state index contributed by atoms with van der Waals surface area (Å²) in [4.78, 5) is 15.3. The molecule has 0 saturated carbocycles. The Morgan fingerprint density at radius 1 is 1.30 bits per heavy atom. The van der Waals surface area contributed by atoms with Gasteiger partial charge in [-0.15, -0.1) is 11.3 Å². The van der Waals surface area contributed by atoms with E-state index in [2.05, 4.69) is 16.8 Å². The summed E-state index contributed by atoms with van der Waals surface area (Å²) in [6.07, 6.45) is 0.888. The number of carbonyl (C=O) groups is 1. The number of rotatable bonds is 5. The Morgan fingerprint density at radius 2 is 2.05 bits per heavy atom. The van der Waals surface area contributed by atoms with Gasteiger partial charge >= 0.3 is 6.03 Å². The van der Waals surface area contributed by atoms with Crippen LogP contribution < -0.4 is 5.32 Å². The molecule has 2 rings (SSSR count). The van der Waals surface area contributed by atoms with Gasteiger partial charge in [0.05, 0.1) is 0 Å². The number of halogens is 1. The lowest BCUT2D eigenvalue weighted by atomic mass is 10.3. The Bertz CT molecular complexity index is 540. The van der Waals surface area contributed by atoms with Crippen molar-refractivity contribution < 1.29 is 4.79 Å². The zero-order chi connectivity index (χ0) is 14.4. The molecule has 0 saturated heterocycles. The monoisotopic (exact) mass is 308 g/mol. The molecule has 1 aromatic heterocycles. The van der Waals surface area contributed by atoms with E-state index >= 15 is 0 Å². The lowest BCUT2D eigenvalue weighted by Gasteiger charge is -2.21. The van der Waals surface area contributed by atoms with Gasteiger partial charge in [-0.1, -0.05) is 17.7 Å². The van der Waals surface area contributed by atoms with Crippen molar-refractivity contribution in [3.05, 3.63) is 51.7 Å². The van der Waals surface area contributed by atoms with Gasteiger partial charge in [-0.3, -0.25) is 0 Å². The largest absolute Gasteiger partial charge is 0.324 e. The molecule has 20 heavy (non-hydrogen) atoms. The third-order valence-electron chi connectivity index (χ3n) is 2.97. The molecule has 1 heterocycles. The molecule has 5 heteroatoms. The number of likely N-dealkylation sites (N-methyl/N-ethyl adjacent to an activating group) is 1. The van der Waals surface area contributed by atoms with Crippen LogP contribution in [0.3, 0.4) is 0 Å². The Morgan fingerprint density at radius 3 is 2.65 bits per heavy atom. The highest BCUT2D eigenvalue weighted by molar-refractivity contribution is 7.09. The van der Waals surface area contributed by atoms with E-state index in [1.807, 2.05) is 13.0 Å². The maximum atomic E-state index is 12.2. The van der Waals surface area contributed by atoms with Gasteiger partial charge in [-0.05, 0) is 49.1 Å². The molecule has 1 aromatic carbocycles. The highest BCUT2D eigenvalue weighted by Gasteiger charge is 2.11. The van der Waals surface area contributed by atoms with Gasteiger partial charge in [0, 0.05) is 28.7 Å². The lowest BCUT2D eigenvalue weighted by Crippen LogP contribution is -2.36. The van der Waals surface area contributed by atoms with E-state index in [9.17, 15) is 4.79 Å². The highest BCUT2D eigenvalue weighted by atomic mass is 35.5. The number of thiophene rings is 1. The van der Waals surface area contributed by atoms with Crippen molar-refractivity contribution in [2.24, 2.45) is 0 Å². The maximum Gasteiger partial charge on any atom is 0.321 e. The van der Waals surface area contributed by atoms with Crippen LogP contribution in [-0.4, -0.2) is 24.0 Å². The van der Waals surface area contributed by atoms with Crippen molar-refractivity contribution >= 4 is 34.7 Å². The quantitative estimate of drug-likeness (QED) is 0.866. The first kappa shape index (κ1) is 14.9. The van der Waals surface area contributed by atoms with Gasteiger partial charge in [0.1, 0.15) is 0 Å². The lowest BCUT2D eigenvalue weighted by molar-refractivity contribution is 0.215. The molecule has 0 unspecified atom stereocenters. The molecule has 1 N–H and O–H groups in total. The van der Waals surface area contributed by atoms with Crippen LogP contribution in [0, 0.1) is 0 Å². The first-order valence-electron chi connectivity index (χ1n) is 6.53. The number of carbonyl (C=O) groups excluding carboxylic acids is 1. The number of hydrogen-bond donors (Lipinski definition) is 1. The maximum absolute atomic E-state index is 12.2. The summed E-state index contributed by atoms with van der Waals surface area (Å²) in [6, 6.07) is 11.2. The first-order valence-corrected chi connectivity index (χ1v) is 7.78. The van der Waals surface area contributed by atoms with Crippen molar-refractivity contribution in [2.75, 3.05) is 18.4 Å². The minimum absolute atomic E-state index is 0.0774. The second-order valence-electron chi connectivity index (χ2n) is 4.35. The van der Waals surface area contributed by atoms with E-state index < -0.39 is 0 Å². The number of anilines is 1. The van der Waals surface area contributed by atoms with Crippen LogP contribution in [0.25, 0.3) is 0 Å². The van der Waals surface area contributed by atoms with Crippen LogP contribution in [0.5, 0.6) is 0 Å². The van der Waals surface area contributed by atoms with Crippen LogP contribution in [0.1, 0.15) is 11.8 Å². The minimum atomic E-state index is -0.0774. The Balaban J connectivity index is 1.89. The smallest absolute Gasteiger partial charge is 0.321 e. The predicted octanol–water partition coefficient (Wildman–Crippen LogP) is 4.50. The molecule has 0 radical (unpaired) electrons. The fourth-order valence-electron chi connectivity index (χ4n) is 1.84. The van der Waals surface area contributed by atoms with Gasteiger partial charge in [-0.2, -0.15) is 0 Å². The number of amides is 2. The van der Waals surface area contributed by atoms with Gasteiger partial charge in [0.2, 0.25) is 0 Å². The van der Waals surface area contributed by atoms with Crippen LogP contribution in [0.4, 0.5) is 10.5 Å². The third-order valence-corrected chi connectivity index (χ3v) is 4.16. The van der Waals surface area contributed by atoms with Crippen molar-refractivity contribution in [2.45, 2.75) is 13.3 Å². The summed E-state index contributed by atoms with van der Waals surface area (Å²) in [6.45, 7) is 3.39. The van der Waals surface area contributed by atoms with E-state index in [1.165, 1.54) is 4.88 Å². The van der Waals surface area contributed by atoms with Gasteiger partial charge in [0.15, 0.2) is 0 Å². The average Bonchev–Trinajstić information content (AvgIpc) is 2.95. The molecule has 106 valence electrons. The molecule has 0 bridgehead atoms. The number of urea groups is 1. The van der Waals surface area contributed by atoms with Crippen LogP contribution in [0.2, 0.25) is 5.02 Å². The van der Waals surface area contributed by atoms with E-state index in [-0.39, 0.29) is 6.03 Å². The topological polar surface area (TPSA) is 32.3 Å². The van der Waals surface area contributed by atoms with Crippen LogP contribution in [-0.2, 0) is 6.42 Å². The molecule has 0 aliphatic heterocycles. The van der Waals surface area contributed by atoms with Gasteiger partial charge in [-0.25, -0.2) is 4.79 Å². The summed E-state index contributed by atoms with van der Waals surface area (Å²) in [5.74, 6) is 0. The minimum Gasteiger partial charge on any atom is -0.324 e. The van der Waals surface area contributed by atoms with Crippen LogP contribution >= 0.6 is 22.9 Å². The Kier molecular flexibility index (Phi) is 5.44. The number of hydrogen-bond acceptors (Lipinski definition) is 2. The van der Waals surface area contributed by atoms with Crippen LogP contribution in [0.15, 0.2) is 41.8 Å². The molecular weight excluding hydrogens is 292 g/mol. The molecule has 0 fully saturated rings. The molecule has 0 atom stereocenters. The summed E-state index contributed by atoms with van der Waals surface area (Å²) in [7, 11) is 0. The molecule has 0 aliphatic carbocycles. The standard InChI is InChI=1S/C15H17ClN2OS/c1-2-18(10-9-14-4-3-11-20-14)15(19)17-13-7-5-12(16)6-8-13/h3-8,11H,2,9-10H2,1H3,(H,17,19). The van der Waals surface area contributed by atoms with Gasteiger partial charge in [0.25, 0.3) is 0 Å². The Labute approximate surface area is 128 Å². The van der Waals surface area contributed by atoms with E-state index in [1.54, 1.807) is 40.5 Å². The number of nitrogens with zero attached hydrogens (tertiary/aromatic N) is 1. The molecule has 0 spiro atoms. The zero-order valence-electron chi connectivity index (χ0n) is 11.3. The number of nitrogens with one attached hydrogen (secondary N) is 1. The fourth-order valence-corrected chi connectivity index (χ4v) is 2.66. The van der Waals surface area contributed by atoms with E-state index in [4.69, 9.17) is 11.6 Å². The Hall–Kier alpha value is -1.52. The summed E-state index contributed by atoms with van der Waals surface area (Å²) in [5, 5.41) is 5.60. The zero-order valence-corrected chi connectivity index (χ0v) is 12.9. The second-order valence-corrected chi connectivity index (χ2v) is 5.81. The summed E-state index contributed by atoms with van der Waals surface area (Å²) < 4.78 is 0. The first-order chi connectivity index (χ1) is 9.69. The average molecular weight is 309 g/mol. The number of benzene rings is 1. The highest BCUT2D eigenvalue weighted by Crippen LogP contribution is 2.14. The molecule has 2 aromatic rings. The molecular formula is C15H17ClN2OS. The fraction of sp³-hybridized carbons (Fsp3) is 0.267. The summed E-state index contributed by atoms with van der Waals surface area (Å²) in [5.41, 5.74) is 0.758. The SMILES string of the molecule is CCN(CCc1cccs1)C(=O)Nc1ccc(Cl)cc1. The van der Waals surface area contributed by atoms with Gasteiger partial charge < -0.3 is 10.2 Å². The van der Waals surface area contributed by atoms with Crippen molar-refractivity contribution in [1.82, 2.24) is 4.90 Å². The summed E-state index contributed by atoms with van der Waals surface area (Å²) >= 11 is 7.54. The van der Waals surface area contributed by atoms with Crippen molar-refractivity contribution in [3.63, 3.8) is 0 Å². The third kappa shape index (κ3) is 4.25. The van der Waals surface area contributed by atoms with Crippen molar-refractivity contribution in [3.8, 4) is 0 Å². The predicted molar refractivity (Wildman–Crippen MR) is 85.7 cm³/mol. The molecule has 2 amide bonds. The van der Waals surface area contributed by atoms with Crippen molar-refractivity contribution in [1.29, 1.82) is 0 Å². The van der Waals surface area contributed by atoms with E-state index in [0.29, 0.717) is 11.6 Å². The second kappa shape index (κ2) is 7.31. The normalized spacial score (nSPS) is 10.3. The molecule has 0 aliphatic rings. The molecule has 3 nitrogen and oxygen atoms in total. The van der Waals surface area contributed by atoms with E-state index in [0.717, 1.165) is 18.7 Å².